The van der Waals surface area contributed by atoms with Crippen LogP contribution in [0.5, 0.6) is 11.5 Å². The fraction of sp³-hybridized carbons (Fsp3) is 0.417. The van der Waals surface area contributed by atoms with Gasteiger partial charge in [0.25, 0.3) is 0 Å². The molecule has 0 atom stereocenters. The van der Waals surface area contributed by atoms with Crippen LogP contribution in [0, 0.1) is 13.8 Å². The minimum atomic E-state index is -1.31. The molecule has 0 saturated carbocycles. The van der Waals surface area contributed by atoms with Crippen molar-refractivity contribution in [1.82, 2.24) is 0 Å². The van der Waals surface area contributed by atoms with Crippen LogP contribution in [0.15, 0.2) is 36.4 Å². The van der Waals surface area contributed by atoms with E-state index in [1.54, 1.807) is 12.1 Å². The standard InChI is InChI=1S/C24H30O5/c1-6-13-28-20-10-8-19(9-11-20)21(25)12-7-18-14-16(2)22(17(3)15-18)29-24(4,5)23(26)27/h8-11,14-15H,6-7,12-13H2,1-5H3,(H,26,27). The highest BCUT2D eigenvalue weighted by Crippen LogP contribution is 2.29. The molecule has 0 radical (unpaired) electrons. The van der Waals surface area contributed by atoms with Gasteiger partial charge in [0.05, 0.1) is 6.61 Å². The number of ketones is 1. The molecular weight excluding hydrogens is 368 g/mol. The van der Waals surface area contributed by atoms with Crippen LogP contribution in [-0.2, 0) is 11.2 Å². The molecule has 2 aromatic rings. The maximum atomic E-state index is 12.5. The Bertz CT molecular complexity index is 842. The van der Waals surface area contributed by atoms with Crippen LogP contribution < -0.4 is 9.47 Å². The molecule has 0 aromatic heterocycles. The number of carbonyl (C=O) groups is 2. The van der Waals surface area contributed by atoms with Crippen molar-refractivity contribution in [2.45, 2.75) is 59.5 Å². The summed E-state index contributed by atoms with van der Waals surface area (Å²) in [4.78, 5) is 23.8. The highest BCUT2D eigenvalue weighted by Gasteiger charge is 2.30. The van der Waals surface area contributed by atoms with E-state index in [0.29, 0.717) is 30.8 Å². The Kier molecular flexibility index (Phi) is 7.43. The first kappa shape index (κ1) is 22.5. The number of carbonyl (C=O) groups excluding carboxylic acids is 1. The number of ether oxygens (including phenoxy) is 2. The number of Topliss-reactive ketones (excluding diaryl/α,β-unsaturated/α-hetero) is 1. The molecule has 0 bridgehead atoms. The van der Waals surface area contributed by atoms with Gasteiger partial charge in [0.2, 0.25) is 0 Å². The van der Waals surface area contributed by atoms with Crippen LogP contribution in [-0.4, -0.2) is 29.1 Å². The van der Waals surface area contributed by atoms with E-state index in [-0.39, 0.29) is 5.78 Å². The first-order valence-electron chi connectivity index (χ1n) is 9.92. The minimum Gasteiger partial charge on any atom is -0.494 e. The molecular formula is C24H30O5. The van der Waals surface area contributed by atoms with Crippen LogP contribution in [0.3, 0.4) is 0 Å². The lowest BCUT2D eigenvalue weighted by atomic mass is 9.98. The van der Waals surface area contributed by atoms with Gasteiger partial charge in [0, 0.05) is 12.0 Å². The molecule has 5 heteroatoms. The van der Waals surface area contributed by atoms with Gasteiger partial charge in [-0.3, -0.25) is 4.79 Å². The van der Waals surface area contributed by atoms with Gasteiger partial charge >= 0.3 is 5.97 Å². The summed E-state index contributed by atoms with van der Waals surface area (Å²) in [5, 5.41) is 9.28. The van der Waals surface area contributed by atoms with E-state index in [2.05, 4.69) is 0 Å². The smallest absolute Gasteiger partial charge is 0.347 e. The molecule has 0 aliphatic carbocycles. The van der Waals surface area contributed by atoms with Crippen molar-refractivity contribution in [1.29, 1.82) is 0 Å². The van der Waals surface area contributed by atoms with Crippen molar-refractivity contribution >= 4 is 11.8 Å². The Balaban J connectivity index is 2.03. The summed E-state index contributed by atoms with van der Waals surface area (Å²) in [7, 11) is 0. The van der Waals surface area contributed by atoms with Gasteiger partial charge in [-0.05, 0) is 81.5 Å². The van der Waals surface area contributed by atoms with Gasteiger partial charge < -0.3 is 14.6 Å². The summed E-state index contributed by atoms with van der Waals surface area (Å²) in [6.45, 7) is 9.54. The van der Waals surface area contributed by atoms with Crippen molar-refractivity contribution in [3.63, 3.8) is 0 Å². The third kappa shape index (κ3) is 6.08. The lowest BCUT2D eigenvalue weighted by molar-refractivity contribution is -0.152. The fourth-order valence-electron chi connectivity index (χ4n) is 3.00. The van der Waals surface area contributed by atoms with E-state index in [9.17, 15) is 14.7 Å². The normalized spacial score (nSPS) is 11.2. The van der Waals surface area contributed by atoms with Gasteiger partial charge in [0.15, 0.2) is 11.4 Å². The second-order valence-corrected chi connectivity index (χ2v) is 7.77. The molecule has 0 unspecified atom stereocenters. The Morgan fingerprint density at radius 2 is 1.62 bits per heavy atom. The molecule has 5 nitrogen and oxygen atoms in total. The van der Waals surface area contributed by atoms with E-state index >= 15 is 0 Å². The quantitative estimate of drug-likeness (QED) is 0.560. The lowest BCUT2D eigenvalue weighted by Gasteiger charge is -2.24. The molecule has 2 rings (SSSR count). The second-order valence-electron chi connectivity index (χ2n) is 7.77. The van der Waals surface area contributed by atoms with Crippen LogP contribution in [0.2, 0.25) is 0 Å². The second kappa shape index (κ2) is 9.59. The number of carboxylic acids is 1. The maximum absolute atomic E-state index is 12.5. The van der Waals surface area contributed by atoms with Crippen LogP contribution in [0.25, 0.3) is 0 Å². The Labute approximate surface area is 172 Å². The van der Waals surface area contributed by atoms with Crippen molar-refractivity contribution in [3.05, 3.63) is 58.7 Å². The zero-order chi connectivity index (χ0) is 21.6. The van der Waals surface area contributed by atoms with E-state index in [0.717, 1.165) is 28.9 Å². The van der Waals surface area contributed by atoms with Crippen LogP contribution >= 0.6 is 0 Å². The Hall–Kier alpha value is -2.82. The molecule has 156 valence electrons. The summed E-state index contributed by atoms with van der Waals surface area (Å²) in [6.07, 6.45) is 1.95. The van der Waals surface area contributed by atoms with Crippen LogP contribution in [0.1, 0.15) is 60.7 Å². The van der Waals surface area contributed by atoms with Crippen molar-refractivity contribution in [2.24, 2.45) is 0 Å². The van der Waals surface area contributed by atoms with Gasteiger partial charge in [-0.2, -0.15) is 0 Å². The third-order valence-electron chi connectivity index (χ3n) is 4.68. The monoisotopic (exact) mass is 398 g/mol. The maximum Gasteiger partial charge on any atom is 0.347 e. The SMILES string of the molecule is CCCOc1ccc(C(=O)CCc2cc(C)c(OC(C)(C)C(=O)O)c(C)c2)cc1. The molecule has 2 aromatic carbocycles. The highest BCUT2D eigenvalue weighted by atomic mass is 16.5. The number of hydrogen-bond donors (Lipinski definition) is 1. The van der Waals surface area contributed by atoms with Crippen LogP contribution in [0.4, 0.5) is 0 Å². The summed E-state index contributed by atoms with van der Waals surface area (Å²) >= 11 is 0. The lowest BCUT2D eigenvalue weighted by Crippen LogP contribution is -2.38. The number of aliphatic carboxylic acids is 1. The number of carboxylic acid groups (broad SMARTS) is 1. The van der Waals surface area contributed by atoms with Crippen molar-refractivity contribution in [2.75, 3.05) is 6.61 Å². The van der Waals surface area contributed by atoms with Gasteiger partial charge in [-0.15, -0.1) is 0 Å². The molecule has 0 amide bonds. The largest absolute Gasteiger partial charge is 0.494 e. The molecule has 0 heterocycles. The average molecular weight is 398 g/mol. The van der Waals surface area contributed by atoms with Gasteiger partial charge in [-0.25, -0.2) is 4.79 Å². The number of aryl methyl sites for hydroxylation is 3. The van der Waals surface area contributed by atoms with E-state index < -0.39 is 11.6 Å². The zero-order valence-electron chi connectivity index (χ0n) is 17.9. The average Bonchev–Trinajstić information content (AvgIpc) is 2.67. The first-order valence-corrected chi connectivity index (χ1v) is 9.92. The number of rotatable bonds is 10. The van der Waals surface area contributed by atoms with E-state index in [4.69, 9.17) is 9.47 Å². The Morgan fingerprint density at radius 3 is 2.14 bits per heavy atom. The Morgan fingerprint density at radius 1 is 1.03 bits per heavy atom. The summed E-state index contributed by atoms with van der Waals surface area (Å²) in [5.74, 6) is 0.413. The molecule has 0 aliphatic rings. The first-order chi connectivity index (χ1) is 13.6. The molecule has 0 fully saturated rings. The molecule has 0 aliphatic heterocycles. The third-order valence-corrected chi connectivity index (χ3v) is 4.68. The minimum absolute atomic E-state index is 0.0784. The molecule has 0 spiro atoms. The molecule has 1 N–H and O–H groups in total. The van der Waals surface area contributed by atoms with Crippen molar-refractivity contribution in [3.8, 4) is 11.5 Å². The van der Waals surface area contributed by atoms with E-state index in [1.165, 1.54) is 13.8 Å². The predicted molar refractivity (Wildman–Crippen MR) is 113 cm³/mol. The van der Waals surface area contributed by atoms with Crippen molar-refractivity contribution < 1.29 is 24.2 Å². The fourth-order valence-corrected chi connectivity index (χ4v) is 3.00. The highest BCUT2D eigenvalue weighted by molar-refractivity contribution is 5.96. The number of hydrogen-bond acceptors (Lipinski definition) is 4. The molecule has 29 heavy (non-hydrogen) atoms. The summed E-state index contributed by atoms with van der Waals surface area (Å²) in [5.41, 5.74) is 2.11. The number of benzene rings is 2. The van der Waals surface area contributed by atoms with E-state index in [1.807, 2.05) is 45.0 Å². The zero-order valence-corrected chi connectivity index (χ0v) is 17.9. The van der Waals surface area contributed by atoms with Gasteiger partial charge in [-0.1, -0.05) is 19.1 Å². The summed E-state index contributed by atoms with van der Waals surface area (Å²) in [6, 6.07) is 11.2. The topological polar surface area (TPSA) is 72.8 Å². The van der Waals surface area contributed by atoms with Gasteiger partial charge in [0.1, 0.15) is 11.5 Å². The molecule has 0 saturated heterocycles. The predicted octanol–water partition coefficient (Wildman–Crippen LogP) is 5.15. The summed E-state index contributed by atoms with van der Waals surface area (Å²) < 4.78 is 11.3.